The SMILES string of the molecule is Bc1ccc(Cl)c(C(=O)NC(=S)Nc2cc(S(=O)(=O)N(CC)c3ccccc3)ccc2OC)c1. The van der Waals surface area contributed by atoms with Crippen LogP contribution in [0.5, 0.6) is 5.75 Å². The monoisotopic (exact) mass is 515 g/mol. The maximum Gasteiger partial charge on any atom is 0.264 e. The molecule has 0 saturated carbocycles. The summed E-state index contributed by atoms with van der Waals surface area (Å²) in [5.74, 6) is -0.137. The van der Waals surface area contributed by atoms with Crippen LogP contribution >= 0.6 is 23.8 Å². The number of rotatable bonds is 7. The summed E-state index contributed by atoms with van der Waals surface area (Å²) in [7, 11) is -0.582. The number of amides is 1. The van der Waals surface area contributed by atoms with Gasteiger partial charge in [-0.2, -0.15) is 0 Å². The lowest BCUT2D eigenvalue weighted by Gasteiger charge is -2.23. The molecule has 0 unspecified atom stereocenters. The second kappa shape index (κ2) is 10.9. The molecule has 0 atom stereocenters. The zero-order valence-electron chi connectivity index (χ0n) is 18.8. The van der Waals surface area contributed by atoms with Crippen molar-refractivity contribution in [1.29, 1.82) is 0 Å². The van der Waals surface area contributed by atoms with Crippen LogP contribution in [0.3, 0.4) is 0 Å². The highest BCUT2D eigenvalue weighted by molar-refractivity contribution is 7.92. The number of sulfonamides is 1. The molecule has 0 fully saturated rings. The van der Waals surface area contributed by atoms with Crippen molar-refractivity contribution in [3.63, 3.8) is 0 Å². The van der Waals surface area contributed by atoms with E-state index < -0.39 is 15.9 Å². The van der Waals surface area contributed by atoms with E-state index in [1.54, 1.807) is 49.4 Å². The van der Waals surface area contributed by atoms with Crippen molar-refractivity contribution in [2.45, 2.75) is 11.8 Å². The van der Waals surface area contributed by atoms with E-state index in [-0.39, 0.29) is 32.8 Å². The molecule has 0 bridgehead atoms. The van der Waals surface area contributed by atoms with Crippen LogP contribution < -0.4 is 25.1 Å². The van der Waals surface area contributed by atoms with Crippen LogP contribution in [0.1, 0.15) is 17.3 Å². The third-order valence-corrected chi connectivity index (χ3v) is 7.36. The van der Waals surface area contributed by atoms with Crippen LogP contribution in [0.4, 0.5) is 11.4 Å². The summed E-state index contributed by atoms with van der Waals surface area (Å²) in [6.07, 6.45) is 0. The lowest BCUT2D eigenvalue weighted by molar-refractivity contribution is 0.0978. The molecule has 0 aliphatic rings. The first kappa shape index (κ1) is 25.5. The molecule has 3 aromatic rings. The maximum atomic E-state index is 13.4. The molecule has 2 N–H and O–H groups in total. The molecular weight excluding hydrogens is 493 g/mol. The van der Waals surface area contributed by atoms with E-state index in [2.05, 4.69) is 10.6 Å². The summed E-state index contributed by atoms with van der Waals surface area (Å²) in [6, 6.07) is 18.3. The van der Waals surface area contributed by atoms with Crippen molar-refractivity contribution in [3.05, 3.63) is 77.3 Å². The first-order valence-corrected chi connectivity index (χ1v) is 12.5. The first-order chi connectivity index (χ1) is 16.2. The molecule has 1 amide bonds. The molecule has 0 saturated heterocycles. The van der Waals surface area contributed by atoms with Crippen molar-refractivity contribution in [1.82, 2.24) is 5.32 Å². The number of nitrogens with zero attached hydrogens (tertiary/aromatic N) is 1. The lowest BCUT2D eigenvalue weighted by Crippen LogP contribution is -2.35. The number of nitrogens with one attached hydrogen (secondary N) is 2. The van der Waals surface area contributed by atoms with Gasteiger partial charge in [-0.15, -0.1) is 0 Å². The second-order valence-corrected chi connectivity index (χ2v) is 9.94. The molecule has 0 aliphatic carbocycles. The summed E-state index contributed by atoms with van der Waals surface area (Å²) in [5.41, 5.74) is 1.98. The Labute approximate surface area is 210 Å². The van der Waals surface area contributed by atoms with Crippen LogP contribution in [-0.2, 0) is 10.0 Å². The lowest BCUT2D eigenvalue weighted by atomic mass is 9.94. The highest BCUT2D eigenvalue weighted by Gasteiger charge is 2.25. The van der Waals surface area contributed by atoms with Gasteiger partial charge in [0.1, 0.15) is 13.6 Å². The Balaban J connectivity index is 1.87. The van der Waals surface area contributed by atoms with E-state index in [4.69, 9.17) is 28.6 Å². The average Bonchev–Trinajstić information content (AvgIpc) is 2.81. The van der Waals surface area contributed by atoms with Crippen LogP contribution in [0, 0.1) is 0 Å². The van der Waals surface area contributed by atoms with E-state index in [0.717, 1.165) is 5.46 Å². The Morgan fingerprint density at radius 2 is 1.82 bits per heavy atom. The van der Waals surface area contributed by atoms with Crippen LogP contribution in [0.25, 0.3) is 0 Å². The van der Waals surface area contributed by atoms with E-state index >= 15 is 0 Å². The number of ether oxygens (including phenoxy) is 1. The Kier molecular flexibility index (Phi) is 8.19. The first-order valence-electron chi connectivity index (χ1n) is 10.3. The minimum absolute atomic E-state index is 0.0363. The predicted molar refractivity (Wildman–Crippen MR) is 143 cm³/mol. The third-order valence-electron chi connectivity index (χ3n) is 4.93. The number of benzene rings is 3. The number of thiocarbonyl (C=S) groups is 1. The Bertz CT molecular complexity index is 1320. The largest absolute Gasteiger partial charge is 0.495 e. The van der Waals surface area contributed by atoms with E-state index in [1.807, 2.05) is 13.9 Å². The average molecular weight is 516 g/mol. The Hall–Kier alpha value is -3.08. The summed E-state index contributed by atoms with van der Waals surface area (Å²) in [5, 5.41) is 5.67. The van der Waals surface area contributed by atoms with Gasteiger partial charge in [0.2, 0.25) is 0 Å². The van der Waals surface area contributed by atoms with Gasteiger partial charge < -0.3 is 10.1 Å². The summed E-state index contributed by atoms with van der Waals surface area (Å²) in [6.45, 7) is 2.00. The number of carbonyl (C=O) groups is 1. The molecule has 3 aromatic carbocycles. The van der Waals surface area contributed by atoms with Crippen LogP contribution in [0.2, 0.25) is 5.02 Å². The zero-order chi connectivity index (χ0) is 24.9. The molecule has 0 heterocycles. The second-order valence-electron chi connectivity index (χ2n) is 7.26. The van der Waals surface area contributed by atoms with Crippen molar-refractivity contribution in [3.8, 4) is 5.75 Å². The number of anilines is 2. The van der Waals surface area contributed by atoms with Gasteiger partial charge in [0.05, 0.1) is 34.0 Å². The number of hydrogen-bond acceptors (Lipinski definition) is 5. The number of methoxy groups -OCH3 is 1. The maximum absolute atomic E-state index is 13.4. The smallest absolute Gasteiger partial charge is 0.264 e. The molecule has 0 aliphatic heterocycles. The number of carbonyl (C=O) groups excluding carboxylic acids is 1. The third kappa shape index (κ3) is 5.70. The topological polar surface area (TPSA) is 87.7 Å². The van der Waals surface area contributed by atoms with E-state index in [0.29, 0.717) is 11.4 Å². The van der Waals surface area contributed by atoms with Gasteiger partial charge >= 0.3 is 0 Å². The number of hydrogen-bond donors (Lipinski definition) is 2. The van der Waals surface area contributed by atoms with Gasteiger partial charge in [-0.25, -0.2) is 8.42 Å². The molecule has 7 nitrogen and oxygen atoms in total. The molecule has 0 spiro atoms. The molecule has 11 heteroatoms. The van der Waals surface area contributed by atoms with E-state index in [9.17, 15) is 13.2 Å². The summed E-state index contributed by atoms with van der Waals surface area (Å²) < 4.78 is 33.4. The predicted octanol–water partition coefficient (Wildman–Crippen LogP) is 2.95. The highest BCUT2D eigenvalue weighted by Crippen LogP contribution is 2.30. The Morgan fingerprint density at radius 1 is 1.12 bits per heavy atom. The molecular formula is C23H23BClN3O4S2. The van der Waals surface area contributed by atoms with Crippen molar-refractivity contribution >= 4 is 69.5 Å². The van der Waals surface area contributed by atoms with Gasteiger partial charge in [0, 0.05) is 6.54 Å². The van der Waals surface area contributed by atoms with Crippen molar-refractivity contribution < 1.29 is 17.9 Å². The number of para-hydroxylation sites is 1. The number of halogens is 1. The molecule has 3 rings (SSSR count). The fourth-order valence-electron chi connectivity index (χ4n) is 3.30. The molecule has 0 aromatic heterocycles. The summed E-state index contributed by atoms with van der Waals surface area (Å²) in [4.78, 5) is 12.7. The molecule has 176 valence electrons. The molecule has 34 heavy (non-hydrogen) atoms. The van der Waals surface area contributed by atoms with Gasteiger partial charge in [0.25, 0.3) is 15.9 Å². The highest BCUT2D eigenvalue weighted by atomic mass is 35.5. The fourth-order valence-corrected chi connectivity index (χ4v) is 5.20. The standard InChI is InChI=1S/C23H23BClN3O4S2/c1-3-28(16-7-5-4-6-8-16)34(30,31)17-10-12-21(32-2)20(14-17)26-23(33)27-22(29)18-13-15(24)9-11-19(18)25/h4-14H,3,24H2,1-2H3,(H2,26,27,29,33). The fraction of sp³-hybridized carbons (Fsp3) is 0.130. The van der Waals surface area contributed by atoms with Crippen molar-refractivity contribution in [2.75, 3.05) is 23.3 Å². The Morgan fingerprint density at radius 3 is 2.47 bits per heavy atom. The normalized spacial score (nSPS) is 10.9. The minimum atomic E-state index is -3.87. The van der Waals surface area contributed by atoms with Gasteiger partial charge in [-0.05, 0) is 55.5 Å². The van der Waals surface area contributed by atoms with Crippen LogP contribution in [-0.4, -0.2) is 40.9 Å². The zero-order valence-corrected chi connectivity index (χ0v) is 21.2. The van der Waals surface area contributed by atoms with Crippen LogP contribution in [0.15, 0.2) is 71.6 Å². The van der Waals surface area contributed by atoms with E-state index in [1.165, 1.54) is 29.6 Å². The van der Waals surface area contributed by atoms with Gasteiger partial charge in [-0.1, -0.05) is 47.4 Å². The van der Waals surface area contributed by atoms with Gasteiger partial charge in [0.15, 0.2) is 5.11 Å². The van der Waals surface area contributed by atoms with Gasteiger partial charge in [-0.3, -0.25) is 14.4 Å². The molecule has 0 radical (unpaired) electrons. The quantitative estimate of drug-likeness (QED) is 0.372. The summed E-state index contributed by atoms with van der Waals surface area (Å²) >= 11 is 11.4. The minimum Gasteiger partial charge on any atom is -0.495 e. The van der Waals surface area contributed by atoms with Crippen molar-refractivity contribution in [2.24, 2.45) is 0 Å².